The number of halogens is 10. The van der Waals surface area contributed by atoms with Gasteiger partial charge in [0.25, 0.3) is 0 Å². The molecule has 0 saturated heterocycles. The zero-order chi connectivity index (χ0) is 31.7. The number of hydrogen-bond acceptors (Lipinski definition) is 6. The van der Waals surface area contributed by atoms with Gasteiger partial charge in [-0.2, -0.15) is 26.3 Å². The van der Waals surface area contributed by atoms with E-state index < -0.39 is 77.4 Å². The quantitative estimate of drug-likeness (QED) is 0.109. The Morgan fingerprint density at radius 2 is 0.977 bits per heavy atom. The van der Waals surface area contributed by atoms with Gasteiger partial charge in [0.2, 0.25) is 0 Å². The van der Waals surface area contributed by atoms with Crippen LogP contribution in [0.3, 0.4) is 0 Å². The Balaban J connectivity index is 0.00000529. The van der Waals surface area contributed by atoms with Crippen LogP contribution in [0.4, 0.5) is 43.9 Å². The van der Waals surface area contributed by atoms with Gasteiger partial charge in [0, 0.05) is 28.9 Å². The molecule has 0 aliphatic rings. The molecule has 0 atom stereocenters. The van der Waals surface area contributed by atoms with E-state index in [0.29, 0.717) is 12.1 Å². The SMILES string of the molecule is CC(C)(c1cc(OCC(F)(F)F)cc(-c2[c-]cc(F)nc2F)n1)c1cc(OCC(F)(F)F)cc(-c2[c-]cc(F)nc2F)n1.[Pt+2]. The molecule has 0 aromatic carbocycles. The average molecular weight is 814 g/mol. The van der Waals surface area contributed by atoms with Gasteiger partial charge in [0.1, 0.15) is 35.3 Å². The summed E-state index contributed by atoms with van der Waals surface area (Å²) in [6.45, 7) is -0.753. The minimum Gasteiger partial charge on any atom is -0.485 e. The number of rotatable bonds is 8. The van der Waals surface area contributed by atoms with E-state index in [1.165, 1.54) is 13.8 Å². The smallest absolute Gasteiger partial charge is 0.485 e. The Hall–Kier alpha value is -3.81. The van der Waals surface area contributed by atoms with Crippen molar-refractivity contribution in [2.45, 2.75) is 31.6 Å². The molecule has 0 unspecified atom stereocenters. The van der Waals surface area contributed by atoms with Crippen molar-refractivity contribution in [3.8, 4) is 34.0 Å². The van der Waals surface area contributed by atoms with Crippen LogP contribution in [0.2, 0.25) is 0 Å². The molecule has 4 heterocycles. The van der Waals surface area contributed by atoms with E-state index in [9.17, 15) is 43.9 Å². The van der Waals surface area contributed by atoms with Crippen LogP contribution in [-0.2, 0) is 26.5 Å². The summed E-state index contributed by atoms with van der Waals surface area (Å²) in [6, 6.07) is 9.68. The topological polar surface area (TPSA) is 70.0 Å². The third-order valence-corrected chi connectivity index (χ3v) is 5.69. The Morgan fingerprint density at radius 1 is 0.614 bits per heavy atom. The minimum atomic E-state index is -4.78. The van der Waals surface area contributed by atoms with Crippen molar-refractivity contribution in [2.24, 2.45) is 0 Å². The number of hydrogen-bond donors (Lipinski definition) is 0. The first-order chi connectivity index (χ1) is 19.9. The molecule has 0 radical (unpaired) electrons. The average Bonchev–Trinajstić information content (AvgIpc) is 2.89. The van der Waals surface area contributed by atoms with Gasteiger partial charge in [0.05, 0.1) is 0 Å². The Labute approximate surface area is 256 Å². The molecule has 0 aliphatic heterocycles. The minimum absolute atomic E-state index is 0. The number of pyridine rings is 4. The first-order valence-corrected chi connectivity index (χ1v) is 11.8. The molecule has 17 heteroatoms. The summed E-state index contributed by atoms with van der Waals surface area (Å²) >= 11 is 0. The van der Waals surface area contributed by atoms with E-state index in [4.69, 9.17) is 9.47 Å². The van der Waals surface area contributed by atoms with Crippen molar-refractivity contribution >= 4 is 0 Å². The molecule has 4 rings (SSSR count). The largest absolute Gasteiger partial charge is 2.00 e. The van der Waals surface area contributed by atoms with Gasteiger partial charge in [-0.3, -0.25) is 19.9 Å². The van der Waals surface area contributed by atoms with Crippen molar-refractivity contribution in [3.63, 3.8) is 0 Å². The Bertz CT molecular complexity index is 1530. The molecule has 6 nitrogen and oxygen atoms in total. The van der Waals surface area contributed by atoms with E-state index in [2.05, 4.69) is 32.1 Å². The van der Waals surface area contributed by atoms with Crippen LogP contribution in [0.5, 0.6) is 11.5 Å². The normalized spacial score (nSPS) is 12.1. The molecule has 0 bridgehead atoms. The second-order valence-corrected chi connectivity index (χ2v) is 9.36. The number of alkyl halides is 6. The molecular weight excluding hydrogens is 797 g/mol. The Morgan fingerprint density at radius 3 is 1.30 bits per heavy atom. The van der Waals surface area contributed by atoms with Crippen LogP contribution in [0, 0.1) is 35.9 Å². The van der Waals surface area contributed by atoms with E-state index in [1.54, 1.807) is 0 Å². The van der Waals surface area contributed by atoms with Crippen LogP contribution < -0.4 is 9.47 Å². The van der Waals surface area contributed by atoms with Crippen LogP contribution >= 0.6 is 0 Å². The van der Waals surface area contributed by atoms with Crippen molar-refractivity contribution < 1.29 is 74.4 Å². The van der Waals surface area contributed by atoms with Crippen LogP contribution in [-0.4, -0.2) is 45.5 Å². The Kier molecular flexibility index (Phi) is 10.3. The zero-order valence-corrected chi connectivity index (χ0v) is 24.4. The predicted octanol–water partition coefficient (Wildman–Crippen LogP) is 6.96. The summed E-state index contributed by atoms with van der Waals surface area (Å²) < 4.78 is 143. The van der Waals surface area contributed by atoms with Gasteiger partial charge < -0.3 is 9.47 Å². The summed E-state index contributed by atoms with van der Waals surface area (Å²) in [6.07, 6.45) is -9.56. The van der Waals surface area contributed by atoms with Gasteiger partial charge in [0.15, 0.2) is 13.2 Å². The van der Waals surface area contributed by atoms with E-state index in [0.717, 1.165) is 24.3 Å². The number of ether oxygens (including phenoxy) is 2. The fraction of sp³-hybridized carbons (Fsp3) is 0.259. The van der Waals surface area contributed by atoms with Gasteiger partial charge in [-0.25, -0.2) is 17.6 Å². The molecular formula is C27H16F10N4O2Pt. The van der Waals surface area contributed by atoms with Crippen LogP contribution in [0.1, 0.15) is 25.2 Å². The fourth-order valence-corrected chi connectivity index (χ4v) is 3.64. The second-order valence-electron chi connectivity index (χ2n) is 9.36. The van der Waals surface area contributed by atoms with Crippen molar-refractivity contribution in [1.82, 2.24) is 19.9 Å². The molecule has 4 aromatic heterocycles. The second kappa shape index (κ2) is 13.0. The summed E-state index contributed by atoms with van der Waals surface area (Å²) in [5.74, 6) is -6.23. The zero-order valence-electron chi connectivity index (χ0n) is 22.1. The number of aromatic nitrogens is 4. The van der Waals surface area contributed by atoms with Gasteiger partial charge in [-0.05, 0) is 37.4 Å². The van der Waals surface area contributed by atoms with E-state index in [1.807, 2.05) is 0 Å². The molecule has 236 valence electrons. The maximum atomic E-state index is 14.5. The number of nitrogens with zero attached hydrogens (tertiary/aromatic N) is 4. The molecule has 4 aromatic rings. The van der Waals surface area contributed by atoms with Gasteiger partial charge in [-0.15, -0.1) is 12.1 Å². The van der Waals surface area contributed by atoms with Crippen molar-refractivity contribution in [1.29, 1.82) is 0 Å². The summed E-state index contributed by atoms with van der Waals surface area (Å²) in [4.78, 5) is 14.5. The fourth-order valence-electron chi connectivity index (χ4n) is 3.64. The van der Waals surface area contributed by atoms with E-state index >= 15 is 0 Å². The molecule has 0 spiro atoms. The van der Waals surface area contributed by atoms with Crippen LogP contribution in [0.15, 0.2) is 36.4 Å². The van der Waals surface area contributed by atoms with Crippen molar-refractivity contribution in [2.75, 3.05) is 13.2 Å². The molecule has 0 aliphatic carbocycles. The molecule has 0 saturated carbocycles. The molecule has 0 fully saturated rings. The first-order valence-electron chi connectivity index (χ1n) is 11.8. The monoisotopic (exact) mass is 813 g/mol. The maximum Gasteiger partial charge on any atom is 2.00 e. The first kappa shape index (κ1) is 34.7. The third kappa shape index (κ3) is 8.64. The molecule has 0 amide bonds. The third-order valence-electron chi connectivity index (χ3n) is 5.69. The van der Waals surface area contributed by atoms with Crippen molar-refractivity contribution in [3.05, 3.63) is 83.7 Å². The summed E-state index contributed by atoms with van der Waals surface area (Å²) in [5.41, 5.74) is -3.77. The van der Waals surface area contributed by atoms with Gasteiger partial charge >= 0.3 is 33.4 Å². The predicted molar refractivity (Wildman–Crippen MR) is 128 cm³/mol. The summed E-state index contributed by atoms with van der Waals surface area (Å²) in [5, 5.41) is 0. The van der Waals surface area contributed by atoms with E-state index in [-0.39, 0.29) is 43.8 Å². The maximum absolute atomic E-state index is 14.5. The van der Waals surface area contributed by atoms with Crippen LogP contribution in [0.25, 0.3) is 22.5 Å². The molecule has 44 heavy (non-hydrogen) atoms. The molecule has 0 N–H and O–H groups in total. The van der Waals surface area contributed by atoms with Gasteiger partial charge in [-0.1, -0.05) is 23.3 Å². The summed E-state index contributed by atoms with van der Waals surface area (Å²) in [7, 11) is 0. The standard InChI is InChI=1S/C27H16F10N4O2.Pt/c1-25(2,19-9-13(42-11-26(32,33)34)7-17(38-19)15-3-5-21(28)40-23(15)30)20-10-14(43-12-27(35,36)37)8-18(39-20)16-4-6-22(29)41-24(16)31;/h5-10H,11-12H2,1-2H3;/q-2;+2.